The van der Waals surface area contributed by atoms with Crippen LogP contribution in [-0.4, -0.2) is 54.3 Å². The van der Waals surface area contributed by atoms with Crippen molar-refractivity contribution in [1.82, 2.24) is 14.9 Å². The van der Waals surface area contributed by atoms with Gasteiger partial charge in [0.05, 0.1) is 13.3 Å². The van der Waals surface area contributed by atoms with Crippen molar-refractivity contribution < 1.29 is 4.74 Å². The number of nitrogen functional groups attached to an aromatic ring is 1. The van der Waals surface area contributed by atoms with Crippen LogP contribution in [0.2, 0.25) is 0 Å². The number of nitrogens with zero attached hydrogens (tertiary/aromatic N) is 4. The summed E-state index contributed by atoms with van der Waals surface area (Å²) in [6, 6.07) is 0.392. The Labute approximate surface area is 138 Å². The molecule has 3 heterocycles. The molecule has 0 spiro atoms. The molecule has 3 N–H and O–H groups in total. The SMILES string of the molecule is CCCCOc1nc(N)c2c(n1)N(CCCN1CCCC1)CN2. The van der Waals surface area contributed by atoms with Crippen molar-refractivity contribution in [3.05, 3.63) is 0 Å². The molecule has 7 nitrogen and oxygen atoms in total. The first-order valence-electron chi connectivity index (χ1n) is 8.79. The number of fused-ring (bicyclic) bond motifs is 1. The first-order valence-corrected chi connectivity index (χ1v) is 8.79. The maximum Gasteiger partial charge on any atom is 0.320 e. The highest BCUT2D eigenvalue weighted by molar-refractivity contribution is 5.80. The highest BCUT2D eigenvalue weighted by atomic mass is 16.5. The van der Waals surface area contributed by atoms with Gasteiger partial charge in [0.15, 0.2) is 11.6 Å². The standard InChI is InChI=1S/C16H28N6O/c1-2-3-11-23-16-19-14(17)13-15(20-16)22(12-18-13)10-6-9-21-7-4-5-8-21/h18H,2-12H2,1H3,(H2,17,19,20). The summed E-state index contributed by atoms with van der Waals surface area (Å²) in [6.07, 6.45) is 5.91. The Morgan fingerprint density at radius 1 is 1.17 bits per heavy atom. The van der Waals surface area contributed by atoms with E-state index in [1.807, 2.05) is 0 Å². The van der Waals surface area contributed by atoms with Gasteiger partial charge in [-0.3, -0.25) is 0 Å². The van der Waals surface area contributed by atoms with Gasteiger partial charge in [-0.15, -0.1) is 0 Å². The van der Waals surface area contributed by atoms with Gasteiger partial charge >= 0.3 is 6.01 Å². The number of rotatable bonds is 8. The monoisotopic (exact) mass is 320 g/mol. The highest BCUT2D eigenvalue weighted by Gasteiger charge is 2.25. The molecule has 2 aliphatic heterocycles. The van der Waals surface area contributed by atoms with Crippen LogP contribution in [0, 0.1) is 0 Å². The van der Waals surface area contributed by atoms with Gasteiger partial charge in [0, 0.05) is 6.54 Å². The van der Waals surface area contributed by atoms with Gasteiger partial charge in [-0.25, -0.2) is 0 Å². The molecule has 23 heavy (non-hydrogen) atoms. The smallest absolute Gasteiger partial charge is 0.320 e. The second-order valence-corrected chi connectivity index (χ2v) is 6.29. The molecule has 0 saturated carbocycles. The number of anilines is 3. The number of likely N-dealkylation sites (tertiary alicyclic amines) is 1. The number of hydrogen-bond acceptors (Lipinski definition) is 7. The van der Waals surface area contributed by atoms with Crippen molar-refractivity contribution >= 4 is 17.3 Å². The van der Waals surface area contributed by atoms with E-state index in [0.29, 0.717) is 18.4 Å². The minimum Gasteiger partial charge on any atom is -0.463 e. The van der Waals surface area contributed by atoms with E-state index in [1.54, 1.807) is 0 Å². The van der Waals surface area contributed by atoms with E-state index in [1.165, 1.54) is 25.9 Å². The highest BCUT2D eigenvalue weighted by Crippen LogP contribution is 2.34. The molecular weight excluding hydrogens is 292 g/mol. The number of unbranched alkanes of at least 4 members (excludes halogenated alkanes) is 1. The van der Waals surface area contributed by atoms with Crippen molar-refractivity contribution in [2.24, 2.45) is 0 Å². The molecule has 0 aliphatic carbocycles. The molecule has 0 bridgehead atoms. The lowest BCUT2D eigenvalue weighted by molar-refractivity contribution is 0.286. The molecule has 3 rings (SSSR count). The molecule has 128 valence electrons. The molecule has 1 aromatic rings. The van der Waals surface area contributed by atoms with Crippen LogP contribution in [0.15, 0.2) is 0 Å². The topological polar surface area (TPSA) is 79.5 Å². The molecule has 0 aromatic carbocycles. The molecule has 0 amide bonds. The molecule has 0 unspecified atom stereocenters. The van der Waals surface area contributed by atoms with Crippen molar-refractivity contribution in [2.45, 2.75) is 39.0 Å². The van der Waals surface area contributed by atoms with Crippen LogP contribution in [0.4, 0.5) is 17.3 Å². The number of ether oxygens (including phenoxy) is 1. The average Bonchev–Trinajstić information content (AvgIpc) is 3.18. The zero-order valence-electron chi connectivity index (χ0n) is 14.1. The lowest BCUT2D eigenvalue weighted by Gasteiger charge is -2.20. The van der Waals surface area contributed by atoms with Gasteiger partial charge in [0.2, 0.25) is 0 Å². The van der Waals surface area contributed by atoms with E-state index in [9.17, 15) is 0 Å². The summed E-state index contributed by atoms with van der Waals surface area (Å²) in [6.45, 7) is 8.14. The second kappa shape index (κ2) is 7.68. The molecule has 0 radical (unpaired) electrons. The summed E-state index contributed by atoms with van der Waals surface area (Å²) < 4.78 is 5.62. The third kappa shape index (κ3) is 3.96. The van der Waals surface area contributed by atoms with Gasteiger partial charge in [-0.1, -0.05) is 13.3 Å². The first kappa shape index (κ1) is 16.1. The Morgan fingerprint density at radius 2 is 2.00 bits per heavy atom. The fourth-order valence-electron chi connectivity index (χ4n) is 3.14. The lowest BCUT2D eigenvalue weighted by Crippen LogP contribution is -2.29. The summed E-state index contributed by atoms with van der Waals surface area (Å²) in [5.41, 5.74) is 6.88. The fourth-order valence-corrected chi connectivity index (χ4v) is 3.14. The van der Waals surface area contributed by atoms with E-state index >= 15 is 0 Å². The van der Waals surface area contributed by atoms with E-state index < -0.39 is 0 Å². The minimum atomic E-state index is 0.392. The zero-order valence-corrected chi connectivity index (χ0v) is 14.1. The number of nitrogens with one attached hydrogen (secondary N) is 1. The summed E-state index contributed by atoms with van der Waals surface area (Å²) in [5, 5.41) is 3.30. The minimum absolute atomic E-state index is 0.392. The molecule has 7 heteroatoms. The Morgan fingerprint density at radius 3 is 2.78 bits per heavy atom. The molecule has 1 saturated heterocycles. The van der Waals surface area contributed by atoms with E-state index in [0.717, 1.165) is 50.5 Å². The third-order valence-electron chi connectivity index (χ3n) is 4.47. The average molecular weight is 320 g/mol. The van der Waals surface area contributed by atoms with Crippen LogP contribution in [-0.2, 0) is 0 Å². The van der Waals surface area contributed by atoms with Crippen LogP contribution in [0.25, 0.3) is 0 Å². The normalized spacial score (nSPS) is 17.3. The number of nitrogens with two attached hydrogens (primary N) is 1. The third-order valence-corrected chi connectivity index (χ3v) is 4.47. The van der Waals surface area contributed by atoms with Gasteiger partial charge < -0.3 is 25.6 Å². The van der Waals surface area contributed by atoms with Crippen molar-refractivity contribution in [2.75, 3.05) is 55.4 Å². The largest absolute Gasteiger partial charge is 0.463 e. The maximum atomic E-state index is 6.04. The Bertz CT molecular complexity index is 518. The second-order valence-electron chi connectivity index (χ2n) is 6.29. The Balaban J connectivity index is 1.58. The Hall–Kier alpha value is -1.76. The van der Waals surface area contributed by atoms with Crippen LogP contribution in [0.5, 0.6) is 6.01 Å². The fraction of sp³-hybridized carbons (Fsp3) is 0.750. The number of hydrogen-bond donors (Lipinski definition) is 2. The van der Waals surface area contributed by atoms with Gasteiger partial charge in [0.1, 0.15) is 5.69 Å². The molecule has 2 aliphatic rings. The first-order chi connectivity index (χ1) is 11.3. The maximum absolute atomic E-state index is 6.04. The quantitative estimate of drug-likeness (QED) is 0.708. The predicted molar refractivity (Wildman–Crippen MR) is 93.0 cm³/mol. The van der Waals surface area contributed by atoms with Crippen LogP contribution in [0.1, 0.15) is 39.0 Å². The molecule has 1 fully saturated rings. The predicted octanol–water partition coefficient (Wildman–Crippen LogP) is 1.91. The summed E-state index contributed by atoms with van der Waals surface area (Å²) in [5.74, 6) is 1.36. The van der Waals surface area contributed by atoms with Crippen LogP contribution >= 0.6 is 0 Å². The van der Waals surface area contributed by atoms with E-state index in [-0.39, 0.29) is 0 Å². The molecular formula is C16H28N6O. The van der Waals surface area contributed by atoms with Gasteiger partial charge in [0.25, 0.3) is 0 Å². The van der Waals surface area contributed by atoms with Crippen molar-refractivity contribution in [3.8, 4) is 6.01 Å². The van der Waals surface area contributed by atoms with Gasteiger partial charge in [-0.05, 0) is 45.3 Å². The van der Waals surface area contributed by atoms with E-state index in [4.69, 9.17) is 10.5 Å². The van der Waals surface area contributed by atoms with Crippen molar-refractivity contribution in [1.29, 1.82) is 0 Å². The summed E-state index contributed by atoms with van der Waals surface area (Å²) >= 11 is 0. The Kier molecular flexibility index (Phi) is 5.38. The van der Waals surface area contributed by atoms with Crippen LogP contribution in [0.3, 0.4) is 0 Å². The number of aromatic nitrogens is 2. The summed E-state index contributed by atoms with van der Waals surface area (Å²) in [4.78, 5) is 13.6. The summed E-state index contributed by atoms with van der Waals surface area (Å²) in [7, 11) is 0. The molecule has 0 atom stereocenters. The van der Waals surface area contributed by atoms with Gasteiger partial charge in [-0.2, -0.15) is 9.97 Å². The lowest BCUT2D eigenvalue weighted by atomic mass is 10.3. The van der Waals surface area contributed by atoms with Crippen LogP contribution < -0.4 is 20.7 Å². The van der Waals surface area contributed by atoms with Crippen molar-refractivity contribution in [3.63, 3.8) is 0 Å². The zero-order chi connectivity index (χ0) is 16.1. The molecule has 1 aromatic heterocycles. The van der Waals surface area contributed by atoms with E-state index in [2.05, 4.69) is 32.0 Å².